The van der Waals surface area contributed by atoms with E-state index in [1.165, 1.54) is 6.07 Å². The summed E-state index contributed by atoms with van der Waals surface area (Å²) in [5.74, 6) is -2.56. The van der Waals surface area contributed by atoms with Crippen LogP contribution in [0.25, 0.3) is 0 Å². The van der Waals surface area contributed by atoms with Gasteiger partial charge in [0.2, 0.25) is 5.91 Å². The monoisotopic (exact) mass is 296 g/mol. The van der Waals surface area contributed by atoms with Crippen LogP contribution in [0.2, 0.25) is 0 Å². The summed E-state index contributed by atoms with van der Waals surface area (Å²) in [5, 5.41) is 11.2. The molecule has 1 atom stereocenters. The Morgan fingerprint density at radius 3 is 2.48 bits per heavy atom. The summed E-state index contributed by atoms with van der Waals surface area (Å²) in [6, 6.07) is 3.16. The SMILES string of the molecule is CC(C)(C)CC(N)CC(=O)Nc1ccc(C(=O)O)c(F)c1. The predicted molar refractivity (Wildman–Crippen MR) is 78.7 cm³/mol. The van der Waals surface area contributed by atoms with Gasteiger partial charge in [-0.15, -0.1) is 0 Å². The fourth-order valence-corrected chi connectivity index (χ4v) is 2.08. The lowest BCUT2D eigenvalue weighted by molar-refractivity contribution is -0.116. The minimum atomic E-state index is -1.35. The molecule has 1 unspecified atom stereocenters. The molecule has 1 amide bonds. The number of nitrogens with two attached hydrogens (primary N) is 1. The molecule has 0 bridgehead atoms. The summed E-state index contributed by atoms with van der Waals surface area (Å²) >= 11 is 0. The zero-order valence-electron chi connectivity index (χ0n) is 12.4. The van der Waals surface area contributed by atoms with E-state index in [0.29, 0.717) is 6.42 Å². The zero-order chi connectivity index (χ0) is 16.2. The number of aromatic carboxylic acids is 1. The standard InChI is InChI=1S/C15H21FN2O3/c1-15(2,3)8-9(17)6-13(19)18-10-4-5-11(14(20)21)12(16)7-10/h4-5,7,9H,6,8,17H2,1-3H3,(H,18,19)(H,20,21). The summed E-state index contributed by atoms with van der Waals surface area (Å²) in [4.78, 5) is 22.5. The van der Waals surface area contributed by atoms with Crippen LogP contribution < -0.4 is 11.1 Å². The quantitative estimate of drug-likeness (QED) is 0.778. The molecule has 0 aromatic heterocycles. The lowest BCUT2D eigenvalue weighted by Crippen LogP contribution is -2.31. The van der Waals surface area contributed by atoms with Crippen LogP contribution >= 0.6 is 0 Å². The van der Waals surface area contributed by atoms with Crippen molar-refractivity contribution in [3.05, 3.63) is 29.6 Å². The molecule has 116 valence electrons. The van der Waals surface area contributed by atoms with Gasteiger partial charge in [-0.1, -0.05) is 20.8 Å². The Kier molecular flexibility index (Phi) is 5.43. The summed E-state index contributed by atoms with van der Waals surface area (Å²) < 4.78 is 13.5. The Bertz CT molecular complexity index is 538. The van der Waals surface area contributed by atoms with Gasteiger partial charge in [-0.25, -0.2) is 9.18 Å². The summed E-state index contributed by atoms with van der Waals surface area (Å²) in [6.07, 6.45) is 0.812. The summed E-state index contributed by atoms with van der Waals surface area (Å²) in [7, 11) is 0. The molecule has 0 aliphatic carbocycles. The topological polar surface area (TPSA) is 92.4 Å². The second-order valence-corrected chi connectivity index (χ2v) is 6.28. The van der Waals surface area contributed by atoms with Gasteiger partial charge in [-0.3, -0.25) is 4.79 Å². The van der Waals surface area contributed by atoms with Crippen molar-refractivity contribution < 1.29 is 19.1 Å². The van der Waals surface area contributed by atoms with E-state index in [1.54, 1.807) is 0 Å². The molecule has 1 aromatic carbocycles. The number of carbonyl (C=O) groups excluding carboxylic acids is 1. The number of rotatable bonds is 5. The summed E-state index contributed by atoms with van der Waals surface area (Å²) in [6.45, 7) is 6.10. The highest BCUT2D eigenvalue weighted by Crippen LogP contribution is 2.21. The maximum absolute atomic E-state index is 13.5. The maximum atomic E-state index is 13.5. The Hall–Kier alpha value is -1.95. The third-order valence-electron chi connectivity index (χ3n) is 2.81. The van der Waals surface area contributed by atoms with Crippen molar-refractivity contribution in [1.82, 2.24) is 0 Å². The van der Waals surface area contributed by atoms with Gasteiger partial charge in [0.25, 0.3) is 0 Å². The average molecular weight is 296 g/mol. The van der Waals surface area contributed by atoms with Gasteiger partial charge in [0.1, 0.15) is 5.82 Å². The Balaban J connectivity index is 2.63. The van der Waals surface area contributed by atoms with Crippen molar-refractivity contribution in [3.63, 3.8) is 0 Å². The van der Waals surface area contributed by atoms with Gasteiger partial charge in [0.15, 0.2) is 0 Å². The van der Waals surface area contributed by atoms with Crippen LogP contribution in [0.4, 0.5) is 10.1 Å². The van der Waals surface area contributed by atoms with Gasteiger partial charge < -0.3 is 16.2 Å². The van der Waals surface area contributed by atoms with Crippen LogP contribution in [0.3, 0.4) is 0 Å². The highest BCUT2D eigenvalue weighted by molar-refractivity contribution is 5.92. The van der Waals surface area contributed by atoms with E-state index in [0.717, 1.165) is 12.1 Å². The van der Waals surface area contributed by atoms with Crippen LogP contribution in [0.15, 0.2) is 18.2 Å². The molecule has 0 fully saturated rings. The molecule has 0 spiro atoms. The van der Waals surface area contributed by atoms with E-state index in [-0.39, 0.29) is 29.5 Å². The van der Waals surface area contributed by atoms with Crippen molar-refractivity contribution in [3.8, 4) is 0 Å². The van der Waals surface area contributed by atoms with E-state index < -0.39 is 17.3 Å². The molecule has 4 N–H and O–H groups in total. The van der Waals surface area contributed by atoms with Crippen LogP contribution in [0.1, 0.15) is 44.0 Å². The smallest absolute Gasteiger partial charge is 0.338 e. The predicted octanol–water partition coefficient (Wildman–Crippen LogP) is 2.62. The number of carboxylic acids is 1. The van der Waals surface area contributed by atoms with Crippen molar-refractivity contribution in [1.29, 1.82) is 0 Å². The van der Waals surface area contributed by atoms with Crippen LogP contribution in [0, 0.1) is 11.2 Å². The Morgan fingerprint density at radius 2 is 2.00 bits per heavy atom. The number of nitrogens with one attached hydrogen (secondary N) is 1. The lowest BCUT2D eigenvalue weighted by Gasteiger charge is -2.22. The number of hydrogen-bond acceptors (Lipinski definition) is 3. The molecule has 1 aromatic rings. The van der Waals surface area contributed by atoms with Crippen molar-refractivity contribution in [2.45, 2.75) is 39.7 Å². The molecule has 0 radical (unpaired) electrons. The van der Waals surface area contributed by atoms with Crippen LogP contribution in [0.5, 0.6) is 0 Å². The maximum Gasteiger partial charge on any atom is 0.338 e. The van der Waals surface area contributed by atoms with E-state index in [9.17, 15) is 14.0 Å². The fourth-order valence-electron chi connectivity index (χ4n) is 2.08. The third-order valence-corrected chi connectivity index (χ3v) is 2.81. The number of amides is 1. The minimum Gasteiger partial charge on any atom is -0.478 e. The van der Waals surface area contributed by atoms with Crippen LogP contribution in [-0.2, 0) is 4.79 Å². The molecule has 0 saturated carbocycles. The second-order valence-electron chi connectivity index (χ2n) is 6.28. The van der Waals surface area contributed by atoms with Gasteiger partial charge in [-0.05, 0) is 30.0 Å². The second kappa shape index (κ2) is 6.67. The average Bonchev–Trinajstić information content (AvgIpc) is 2.24. The lowest BCUT2D eigenvalue weighted by atomic mass is 9.87. The first-order valence-electron chi connectivity index (χ1n) is 6.67. The Morgan fingerprint density at radius 1 is 1.38 bits per heavy atom. The molecule has 6 heteroatoms. The van der Waals surface area contributed by atoms with Gasteiger partial charge in [0, 0.05) is 18.2 Å². The molecule has 21 heavy (non-hydrogen) atoms. The zero-order valence-corrected chi connectivity index (χ0v) is 12.4. The molecule has 5 nitrogen and oxygen atoms in total. The first-order chi connectivity index (χ1) is 9.58. The number of anilines is 1. The van der Waals surface area contributed by atoms with E-state index in [1.807, 2.05) is 20.8 Å². The fraction of sp³-hybridized carbons (Fsp3) is 0.467. The number of halogens is 1. The third kappa shape index (κ3) is 5.91. The van der Waals surface area contributed by atoms with Gasteiger partial charge >= 0.3 is 5.97 Å². The molecule has 0 aliphatic rings. The highest BCUT2D eigenvalue weighted by atomic mass is 19.1. The number of hydrogen-bond donors (Lipinski definition) is 3. The molecule has 0 heterocycles. The summed E-state index contributed by atoms with van der Waals surface area (Å²) in [5.41, 5.74) is 5.70. The number of carboxylic acid groups (broad SMARTS) is 1. The van der Waals surface area contributed by atoms with Gasteiger partial charge in [0.05, 0.1) is 5.56 Å². The van der Waals surface area contributed by atoms with Gasteiger partial charge in [-0.2, -0.15) is 0 Å². The largest absolute Gasteiger partial charge is 0.478 e. The first-order valence-corrected chi connectivity index (χ1v) is 6.67. The van der Waals surface area contributed by atoms with Crippen LogP contribution in [-0.4, -0.2) is 23.0 Å². The Labute approximate surface area is 123 Å². The normalized spacial score (nSPS) is 12.8. The minimum absolute atomic E-state index is 0.0228. The molecule has 0 aliphatic heterocycles. The highest BCUT2D eigenvalue weighted by Gasteiger charge is 2.18. The molecule has 0 saturated heterocycles. The number of carbonyl (C=O) groups is 2. The van der Waals surface area contributed by atoms with Crippen molar-refractivity contribution in [2.75, 3.05) is 5.32 Å². The van der Waals surface area contributed by atoms with Crippen molar-refractivity contribution in [2.24, 2.45) is 11.1 Å². The molecule has 1 rings (SSSR count). The first kappa shape index (κ1) is 17.1. The van der Waals surface area contributed by atoms with E-state index >= 15 is 0 Å². The molecular weight excluding hydrogens is 275 g/mol. The number of benzene rings is 1. The van der Waals surface area contributed by atoms with E-state index in [2.05, 4.69) is 5.32 Å². The van der Waals surface area contributed by atoms with Crippen molar-refractivity contribution >= 4 is 17.6 Å². The molecular formula is C15H21FN2O3. The van der Waals surface area contributed by atoms with E-state index in [4.69, 9.17) is 10.8 Å².